The van der Waals surface area contributed by atoms with Crippen LogP contribution in [0.1, 0.15) is 27.3 Å². The number of para-hydroxylation sites is 1. The quantitative estimate of drug-likeness (QED) is 0.642. The zero-order chi connectivity index (χ0) is 20.5. The van der Waals surface area contributed by atoms with Gasteiger partial charge in [0.2, 0.25) is 15.8 Å². The molecule has 0 aliphatic carbocycles. The topological polar surface area (TPSA) is 91.4 Å². The monoisotopic (exact) mass is 402 g/mol. The van der Waals surface area contributed by atoms with Crippen LogP contribution in [0, 0.1) is 5.82 Å². The van der Waals surface area contributed by atoms with Crippen LogP contribution in [0.2, 0.25) is 0 Å². The number of nitrogens with zero attached hydrogens (tertiary/aromatic N) is 1. The molecule has 0 saturated heterocycles. The van der Waals surface area contributed by atoms with Gasteiger partial charge < -0.3 is 9.30 Å². The van der Waals surface area contributed by atoms with Crippen molar-refractivity contribution in [2.45, 2.75) is 11.3 Å². The Labute approximate surface area is 162 Å². The number of sulfonamides is 1. The van der Waals surface area contributed by atoms with E-state index in [-0.39, 0.29) is 17.1 Å². The van der Waals surface area contributed by atoms with Crippen molar-refractivity contribution in [1.29, 1.82) is 0 Å². The van der Waals surface area contributed by atoms with Crippen molar-refractivity contribution in [3.63, 3.8) is 0 Å². The number of hydrogen-bond donors (Lipinski definition) is 1. The molecule has 0 spiro atoms. The SMILES string of the molecule is COc1ccccc1C(=O)c1ccc(Cc2ccc(S(N)(=O)=O)cc2F)n1C. The van der Waals surface area contributed by atoms with Gasteiger partial charge in [0.25, 0.3) is 0 Å². The van der Waals surface area contributed by atoms with Crippen LogP contribution in [0.5, 0.6) is 5.75 Å². The predicted octanol–water partition coefficient (Wildman–Crippen LogP) is 2.64. The molecule has 0 amide bonds. The van der Waals surface area contributed by atoms with Gasteiger partial charge in [-0.3, -0.25) is 4.79 Å². The highest BCUT2D eigenvalue weighted by molar-refractivity contribution is 7.89. The van der Waals surface area contributed by atoms with E-state index in [2.05, 4.69) is 0 Å². The predicted molar refractivity (Wildman–Crippen MR) is 102 cm³/mol. The number of aromatic nitrogens is 1. The number of hydrogen-bond acceptors (Lipinski definition) is 4. The largest absolute Gasteiger partial charge is 0.496 e. The molecule has 3 rings (SSSR count). The van der Waals surface area contributed by atoms with E-state index in [0.29, 0.717) is 28.3 Å². The van der Waals surface area contributed by atoms with Gasteiger partial charge in [-0.15, -0.1) is 0 Å². The first-order valence-electron chi connectivity index (χ1n) is 8.36. The number of carbonyl (C=O) groups excluding carboxylic acids is 1. The Morgan fingerprint density at radius 2 is 1.86 bits per heavy atom. The van der Waals surface area contributed by atoms with Crippen molar-refractivity contribution in [1.82, 2.24) is 4.57 Å². The number of halogens is 1. The van der Waals surface area contributed by atoms with E-state index < -0.39 is 15.8 Å². The van der Waals surface area contributed by atoms with Crippen LogP contribution in [0.3, 0.4) is 0 Å². The molecule has 28 heavy (non-hydrogen) atoms. The Kier molecular flexibility index (Phi) is 5.35. The van der Waals surface area contributed by atoms with E-state index >= 15 is 0 Å². The van der Waals surface area contributed by atoms with Crippen LogP contribution in [0.4, 0.5) is 4.39 Å². The van der Waals surface area contributed by atoms with Gasteiger partial charge in [-0.05, 0) is 42.0 Å². The molecule has 1 aromatic heterocycles. The third kappa shape index (κ3) is 3.83. The van der Waals surface area contributed by atoms with Gasteiger partial charge in [0, 0.05) is 19.2 Å². The number of rotatable bonds is 6. The third-order valence-corrected chi connectivity index (χ3v) is 5.45. The molecule has 6 nitrogen and oxygen atoms in total. The van der Waals surface area contributed by atoms with Crippen molar-refractivity contribution in [3.8, 4) is 5.75 Å². The molecule has 0 aliphatic rings. The lowest BCUT2D eigenvalue weighted by Crippen LogP contribution is -2.13. The minimum absolute atomic E-state index is 0.187. The van der Waals surface area contributed by atoms with Crippen molar-refractivity contribution < 1.29 is 22.3 Å². The fraction of sp³-hybridized carbons (Fsp3) is 0.150. The highest BCUT2D eigenvalue weighted by Gasteiger charge is 2.19. The first kappa shape index (κ1) is 19.8. The van der Waals surface area contributed by atoms with Crippen LogP contribution in [0.25, 0.3) is 0 Å². The van der Waals surface area contributed by atoms with Crippen LogP contribution < -0.4 is 9.88 Å². The molecule has 0 atom stereocenters. The average molecular weight is 402 g/mol. The van der Waals surface area contributed by atoms with Crippen LogP contribution in [-0.2, 0) is 23.5 Å². The Hall–Kier alpha value is -2.97. The maximum absolute atomic E-state index is 14.3. The summed E-state index contributed by atoms with van der Waals surface area (Å²) < 4.78 is 43.9. The van der Waals surface area contributed by atoms with Gasteiger partial charge in [0.1, 0.15) is 11.6 Å². The smallest absolute Gasteiger partial charge is 0.238 e. The average Bonchev–Trinajstić information content (AvgIpc) is 3.02. The van der Waals surface area contributed by atoms with Crippen LogP contribution in [0.15, 0.2) is 59.5 Å². The summed E-state index contributed by atoms with van der Waals surface area (Å²) in [5, 5.41) is 5.02. The van der Waals surface area contributed by atoms with Crippen LogP contribution >= 0.6 is 0 Å². The summed E-state index contributed by atoms with van der Waals surface area (Å²) in [4.78, 5) is 12.6. The van der Waals surface area contributed by atoms with E-state index in [1.807, 2.05) is 0 Å². The summed E-state index contributed by atoms with van der Waals surface area (Å²) in [7, 11) is -0.756. The summed E-state index contributed by atoms with van der Waals surface area (Å²) in [5.74, 6) is -0.415. The molecule has 1 heterocycles. The molecule has 0 bridgehead atoms. The molecule has 2 N–H and O–H groups in total. The third-order valence-electron chi connectivity index (χ3n) is 4.53. The Balaban J connectivity index is 1.91. The summed E-state index contributed by atoms with van der Waals surface area (Å²) in [5.41, 5.74) is 1.85. The van der Waals surface area contributed by atoms with Gasteiger partial charge >= 0.3 is 0 Å². The Bertz CT molecular complexity index is 1150. The van der Waals surface area contributed by atoms with Gasteiger partial charge in [0.15, 0.2) is 0 Å². The highest BCUT2D eigenvalue weighted by atomic mass is 32.2. The lowest BCUT2D eigenvalue weighted by Gasteiger charge is -2.10. The van der Waals surface area contributed by atoms with Gasteiger partial charge in [-0.25, -0.2) is 17.9 Å². The lowest BCUT2D eigenvalue weighted by atomic mass is 10.1. The standard InChI is InChI=1S/C20H19FN2O4S/c1-23-14(11-13-7-9-15(12-17(13)21)28(22,25)26)8-10-18(23)20(24)16-5-3-4-6-19(16)27-2/h3-10,12H,11H2,1-2H3,(H2,22,25,26). The van der Waals surface area contributed by atoms with Gasteiger partial charge in [-0.2, -0.15) is 0 Å². The minimum atomic E-state index is -3.97. The first-order chi connectivity index (χ1) is 13.2. The molecule has 8 heteroatoms. The van der Waals surface area contributed by atoms with Crippen molar-refractivity contribution in [3.05, 3.63) is 82.9 Å². The van der Waals surface area contributed by atoms with E-state index in [9.17, 15) is 17.6 Å². The number of methoxy groups -OCH3 is 1. The number of primary sulfonamides is 1. The lowest BCUT2D eigenvalue weighted by molar-refractivity contribution is 0.102. The molecule has 0 saturated carbocycles. The Morgan fingerprint density at radius 1 is 1.14 bits per heavy atom. The number of ether oxygens (including phenoxy) is 1. The minimum Gasteiger partial charge on any atom is -0.496 e. The van der Waals surface area contributed by atoms with E-state index in [1.54, 1.807) is 48.0 Å². The summed E-state index contributed by atoms with van der Waals surface area (Å²) in [6.45, 7) is 0. The second kappa shape index (κ2) is 7.57. The molecule has 3 aromatic rings. The Morgan fingerprint density at radius 3 is 2.50 bits per heavy atom. The molecule has 146 valence electrons. The van der Waals surface area contributed by atoms with Crippen molar-refractivity contribution in [2.75, 3.05) is 7.11 Å². The number of ketones is 1. The molecule has 0 radical (unpaired) electrons. The highest BCUT2D eigenvalue weighted by Crippen LogP contribution is 2.23. The zero-order valence-corrected chi connectivity index (χ0v) is 16.2. The molecule has 0 fully saturated rings. The number of carbonyl (C=O) groups is 1. The molecular weight excluding hydrogens is 383 g/mol. The molecule has 0 unspecified atom stereocenters. The summed E-state index contributed by atoms with van der Waals surface area (Å²) in [6, 6.07) is 13.9. The van der Waals surface area contributed by atoms with Gasteiger partial charge in [0.05, 0.1) is 23.3 Å². The maximum Gasteiger partial charge on any atom is 0.238 e. The zero-order valence-electron chi connectivity index (χ0n) is 15.3. The van der Waals surface area contributed by atoms with Crippen molar-refractivity contribution in [2.24, 2.45) is 12.2 Å². The van der Waals surface area contributed by atoms with Crippen molar-refractivity contribution >= 4 is 15.8 Å². The second-order valence-corrected chi connectivity index (χ2v) is 7.83. The fourth-order valence-corrected chi connectivity index (χ4v) is 3.50. The molecular formula is C20H19FN2O4S. The van der Waals surface area contributed by atoms with Gasteiger partial charge in [-0.1, -0.05) is 18.2 Å². The van der Waals surface area contributed by atoms with Crippen LogP contribution in [-0.4, -0.2) is 25.9 Å². The maximum atomic E-state index is 14.3. The summed E-state index contributed by atoms with van der Waals surface area (Å²) in [6.07, 6.45) is 0.187. The second-order valence-electron chi connectivity index (χ2n) is 6.27. The molecule has 2 aromatic carbocycles. The number of benzene rings is 2. The van der Waals surface area contributed by atoms with E-state index in [0.717, 1.165) is 6.07 Å². The first-order valence-corrected chi connectivity index (χ1v) is 9.90. The number of nitrogens with two attached hydrogens (primary N) is 1. The normalized spacial score (nSPS) is 11.4. The molecule has 0 aliphatic heterocycles. The van der Waals surface area contributed by atoms with E-state index in [1.165, 1.54) is 19.2 Å². The fourth-order valence-electron chi connectivity index (χ4n) is 2.97. The summed E-state index contributed by atoms with van der Waals surface area (Å²) >= 11 is 0. The van der Waals surface area contributed by atoms with E-state index in [4.69, 9.17) is 9.88 Å².